The molecule has 2 aromatic rings. The number of benzene rings is 2. The molecule has 2 aromatic carbocycles. The van der Waals surface area contributed by atoms with Gasteiger partial charge in [-0.25, -0.2) is 4.39 Å². The van der Waals surface area contributed by atoms with E-state index in [4.69, 9.17) is 4.74 Å². The lowest BCUT2D eigenvalue weighted by Crippen LogP contribution is -2.43. The van der Waals surface area contributed by atoms with E-state index in [9.17, 15) is 4.39 Å². The Morgan fingerprint density at radius 3 is 2.45 bits per heavy atom. The maximum absolute atomic E-state index is 13.3. The Morgan fingerprint density at radius 2 is 1.77 bits per heavy atom. The van der Waals surface area contributed by atoms with E-state index in [0.29, 0.717) is 24.8 Å². The van der Waals surface area contributed by atoms with Gasteiger partial charge in [-0.3, -0.25) is 9.89 Å². The van der Waals surface area contributed by atoms with Crippen LogP contribution in [0.25, 0.3) is 0 Å². The fourth-order valence-corrected chi connectivity index (χ4v) is 3.49. The lowest BCUT2D eigenvalue weighted by molar-refractivity contribution is 0.148. The van der Waals surface area contributed by atoms with E-state index in [1.807, 2.05) is 6.92 Å². The highest BCUT2D eigenvalue weighted by molar-refractivity contribution is 5.79. The average Bonchev–Trinajstić information content (AvgIpc) is 2.76. The molecule has 1 atom stereocenters. The van der Waals surface area contributed by atoms with Crippen molar-refractivity contribution in [3.05, 3.63) is 65.5 Å². The van der Waals surface area contributed by atoms with Crippen molar-refractivity contribution in [1.29, 1.82) is 0 Å². The molecule has 1 unspecified atom stereocenters. The molecule has 0 aromatic heterocycles. The molecule has 0 saturated carbocycles. The van der Waals surface area contributed by atoms with Gasteiger partial charge in [-0.1, -0.05) is 30.3 Å². The van der Waals surface area contributed by atoms with Gasteiger partial charge in [0.25, 0.3) is 0 Å². The van der Waals surface area contributed by atoms with Gasteiger partial charge in [-0.2, -0.15) is 0 Å². The van der Waals surface area contributed by atoms with Crippen molar-refractivity contribution in [3.8, 4) is 5.75 Å². The van der Waals surface area contributed by atoms with Crippen LogP contribution in [-0.2, 0) is 13.1 Å². The minimum Gasteiger partial charge on any atom is -0.489 e. The Morgan fingerprint density at radius 1 is 1.06 bits per heavy atom. The molecule has 31 heavy (non-hydrogen) atoms. The first-order valence-corrected chi connectivity index (χ1v) is 10.9. The fourth-order valence-electron chi connectivity index (χ4n) is 3.49. The SMILES string of the molecule is CN=C(NCc1ccc(CN2CCN(C)CC2)cc1)NCC(C)Oc1cccc(F)c1. The molecule has 0 aliphatic carbocycles. The van der Waals surface area contributed by atoms with E-state index in [0.717, 1.165) is 32.7 Å². The lowest BCUT2D eigenvalue weighted by atomic mass is 10.1. The first kappa shape index (κ1) is 23.0. The van der Waals surface area contributed by atoms with Crippen molar-refractivity contribution in [3.63, 3.8) is 0 Å². The van der Waals surface area contributed by atoms with E-state index >= 15 is 0 Å². The van der Waals surface area contributed by atoms with Gasteiger partial charge in [-0.15, -0.1) is 0 Å². The summed E-state index contributed by atoms with van der Waals surface area (Å²) in [5.74, 6) is 0.926. The Bertz CT molecular complexity index is 834. The van der Waals surface area contributed by atoms with E-state index in [1.165, 1.54) is 23.3 Å². The lowest BCUT2D eigenvalue weighted by Gasteiger charge is -2.32. The Hall–Kier alpha value is -2.64. The second-order valence-electron chi connectivity index (χ2n) is 8.09. The molecule has 1 aliphatic rings. The number of halogens is 1. The van der Waals surface area contributed by atoms with Crippen LogP contribution in [-0.4, -0.2) is 68.7 Å². The van der Waals surface area contributed by atoms with E-state index in [-0.39, 0.29) is 11.9 Å². The van der Waals surface area contributed by atoms with Crippen LogP contribution >= 0.6 is 0 Å². The molecule has 0 amide bonds. The number of nitrogens with zero attached hydrogens (tertiary/aromatic N) is 3. The quantitative estimate of drug-likeness (QED) is 0.501. The van der Waals surface area contributed by atoms with Crippen molar-refractivity contribution in [2.45, 2.75) is 26.1 Å². The maximum atomic E-state index is 13.3. The summed E-state index contributed by atoms with van der Waals surface area (Å²) < 4.78 is 19.0. The van der Waals surface area contributed by atoms with Crippen LogP contribution < -0.4 is 15.4 Å². The molecule has 1 heterocycles. The molecule has 0 spiro atoms. The number of rotatable bonds is 8. The number of ether oxygens (including phenoxy) is 1. The number of guanidine groups is 1. The fraction of sp³-hybridized carbons (Fsp3) is 0.458. The van der Waals surface area contributed by atoms with Crippen LogP contribution in [0.4, 0.5) is 4.39 Å². The Labute approximate surface area is 185 Å². The van der Waals surface area contributed by atoms with Gasteiger partial charge in [0, 0.05) is 52.4 Å². The largest absolute Gasteiger partial charge is 0.489 e. The monoisotopic (exact) mass is 427 g/mol. The summed E-state index contributed by atoms with van der Waals surface area (Å²) in [7, 11) is 3.92. The molecule has 3 rings (SSSR count). The summed E-state index contributed by atoms with van der Waals surface area (Å²) in [5, 5.41) is 6.58. The molecule has 1 aliphatic heterocycles. The number of piperazine rings is 1. The Balaban J connectivity index is 1.39. The zero-order valence-corrected chi connectivity index (χ0v) is 18.8. The van der Waals surface area contributed by atoms with Gasteiger partial charge in [0.05, 0.1) is 6.54 Å². The zero-order valence-electron chi connectivity index (χ0n) is 18.8. The van der Waals surface area contributed by atoms with E-state index in [1.54, 1.807) is 19.2 Å². The predicted octanol–water partition coefficient (Wildman–Crippen LogP) is 2.71. The first-order chi connectivity index (χ1) is 15.0. The normalized spacial score (nSPS) is 16.7. The van der Waals surface area contributed by atoms with Gasteiger partial charge in [0.15, 0.2) is 5.96 Å². The Kier molecular flexibility index (Phi) is 8.67. The van der Waals surface area contributed by atoms with Gasteiger partial charge < -0.3 is 20.3 Å². The van der Waals surface area contributed by atoms with Crippen LogP contribution in [0, 0.1) is 5.82 Å². The number of hydrogen-bond donors (Lipinski definition) is 2. The molecular weight excluding hydrogens is 393 g/mol. The highest BCUT2D eigenvalue weighted by Crippen LogP contribution is 2.13. The van der Waals surface area contributed by atoms with Crippen molar-refractivity contribution in [2.75, 3.05) is 46.8 Å². The minimum absolute atomic E-state index is 0.130. The predicted molar refractivity (Wildman–Crippen MR) is 124 cm³/mol. The first-order valence-electron chi connectivity index (χ1n) is 10.9. The average molecular weight is 428 g/mol. The second kappa shape index (κ2) is 11.7. The summed E-state index contributed by atoms with van der Waals surface area (Å²) >= 11 is 0. The highest BCUT2D eigenvalue weighted by atomic mass is 19.1. The molecule has 1 saturated heterocycles. The number of likely N-dealkylation sites (N-methyl/N-ethyl adjacent to an activating group) is 1. The zero-order chi connectivity index (χ0) is 22.1. The molecule has 7 heteroatoms. The third kappa shape index (κ3) is 7.84. The third-order valence-electron chi connectivity index (χ3n) is 5.40. The van der Waals surface area contributed by atoms with Crippen molar-refractivity contribution < 1.29 is 9.13 Å². The molecular formula is C24H34FN5O. The van der Waals surface area contributed by atoms with Crippen molar-refractivity contribution in [2.24, 2.45) is 4.99 Å². The number of hydrogen-bond acceptors (Lipinski definition) is 4. The summed E-state index contributed by atoms with van der Waals surface area (Å²) in [6.07, 6.45) is -0.130. The van der Waals surface area contributed by atoms with Gasteiger partial charge >= 0.3 is 0 Å². The molecule has 0 bridgehead atoms. The number of aliphatic imine (C=N–C) groups is 1. The summed E-state index contributed by atoms with van der Waals surface area (Å²) in [4.78, 5) is 9.15. The second-order valence-corrected chi connectivity index (χ2v) is 8.09. The molecule has 6 nitrogen and oxygen atoms in total. The van der Waals surface area contributed by atoms with Crippen LogP contribution in [0.2, 0.25) is 0 Å². The molecule has 2 N–H and O–H groups in total. The molecule has 0 radical (unpaired) electrons. The topological polar surface area (TPSA) is 52.1 Å². The van der Waals surface area contributed by atoms with Gasteiger partial charge in [-0.05, 0) is 37.2 Å². The highest BCUT2D eigenvalue weighted by Gasteiger charge is 2.13. The van der Waals surface area contributed by atoms with E-state index in [2.05, 4.69) is 56.7 Å². The standard InChI is InChI=1S/C24H34FN5O/c1-19(31-23-6-4-5-22(25)15-23)16-27-24(26-2)28-17-20-7-9-21(10-8-20)18-30-13-11-29(3)12-14-30/h4-10,15,19H,11-14,16-18H2,1-3H3,(H2,26,27,28). The minimum atomic E-state index is -0.301. The van der Waals surface area contributed by atoms with Crippen LogP contribution in [0.15, 0.2) is 53.5 Å². The third-order valence-corrected chi connectivity index (χ3v) is 5.40. The number of nitrogens with one attached hydrogen (secondary N) is 2. The van der Waals surface area contributed by atoms with Crippen LogP contribution in [0.1, 0.15) is 18.1 Å². The summed E-state index contributed by atoms with van der Waals surface area (Å²) in [6.45, 7) is 8.72. The van der Waals surface area contributed by atoms with Crippen molar-refractivity contribution >= 4 is 5.96 Å². The smallest absolute Gasteiger partial charge is 0.191 e. The summed E-state index contributed by atoms with van der Waals surface area (Å²) in [6, 6.07) is 14.9. The summed E-state index contributed by atoms with van der Waals surface area (Å²) in [5.41, 5.74) is 2.55. The van der Waals surface area contributed by atoms with E-state index < -0.39 is 0 Å². The molecule has 168 valence electrons. The van der Waals surface area contributed by atoms with Crippen molar-refractivity contribution in [1.82, 2.24) is 20.4 Å². The van der Waals surface area contributed by atoms with Gasteiger partial charge in [0.2, 0.25) is 0 Å². The van der Waals surface area contributed by atoms with Crippen LogP contribution in [0.3, 0.4) is 0 Å². The maximum Gasteiger partial charge on any atom is 0.191 e. The van der Waals surface area contributed by atoms with Crippen LogP contribution in [0.5, 0.6) is 5.75 Å². The molecule has 1 fully saturated rings. The van der Waals surface area contributed by atoms with Gasteiger partial charge in [0.1, 0.15) is 17.7 Å².